The quantitative estimate of drug-likeness (QED) is 0.652. The first-order valence-corrected chi connectivity index (χ1v) is 8.66. The third kappa shape index (κ3) is 5.35. The molecule has 0 bridgehead atoms. The van der Waals surface area contributed by atoms with E-state index in [1.807, 2.05) is 6.07 Å². The molecule has 1 aromatic rings. The van der Waals surface area contributed by atoms with Crippen molar-refractivity contribution in [2.75, 3.05) is 6.61 Å². The van der Waals surface area contributed by atoms with Crippen LogP contribution < -0.4 is 10.6 Å². The van der Waals surface area contributed by atoms with E-state index >= 15 is 0 Å². The number of amides is 3. The molecule has 0 radical (unpaired) electrons. The molecule has 0 aromatic carbocycles. The lowest BCUT2D eigenvalue weighted by atomic mass is 10.1. The molecule has 2 N–H and O–H groups in total. The maximum Gasteiger partial charge on any atom is 0.348 e. The zero-order valence-electron chi connectivity index (χ0n) is 13.4. The van der Waals surface area contributed by atoms with Crippen LogP contribution in [0.5, 0.6) is 0 Å². The molecule has 0 unspecified atom stereocenters. The van der Waals surface area contributed by atoms with Crippen LogP contribution in [0.25, 0.3) is 0 Å². The maximum atomic E-state index is 12.0. The number of ether oxygens (including phenoxy) is 1. The van der Waals surface area contributed by atoms with Gasteiger partial charge in [-0.2, -0.15) is 0 Å². The molecule has 0 atom stereocenters. The molecule has 6 nitrogen and oxygen atoms in total. The van der Waals surface area contributed by atoms with Gasteiger partial charge in [0.2, 0.25) is 0 Å². The molecule has 23 heavy (non-hydrogen) atoms. The van der Waals surface area contributed by atoms with E-state index in [0.717, 1.165) is 25.7 Å². The van der Waals surface area contributed by atoms with Crippen molar-refractivity contribution in [2.45, 2.75) is 52.0 Å². The number of rotatable bonds is 4. The number of fused-ring (bicyclic) bond motifs is 1. The summed E-state index contributed by atoms with van der Waals surface area (Å²) in [6, 6.07) is 1.20. The highest BCUT2D eigenvalue weighted by atomic mass is 32.1. The molecule has 1 aliphatic carbocycles. The molecule has 126 valence electrons. The summed E-state index contributed by atoms with van der Waals surface area (Å²) in [5.74, 6) is -1.16. The van der Waals surface area contributed by atoms with Crippen LogP contribution in [0, 0.1) is 0 Å². The van der Waals surface area contributed by atoms with Crippen LogP contribution in [0.15, 0.2) is 6.07 Å². The number of urea groups is 1. The van der Waals surface area contributed by atoms with Crippen molar-refractivity contribution >= 4 is 29.2 Å². The van der Waals surface area contributed by atoms with E-state index in [9.17, 15) is 14.4 Å². The summed E-state index contributed by atoms with van der Waals surface area (Å²) in [6.07, 6.45) is 5.51. The molecule has 0 saturated carbocycles. The van der Waals surface area contributed by atoms with Gasteiger partial charge in [0.15, 0.2) is 6.61 Å². The summed E-state index contributed by atoms with van der Waals surface area (Å²) in [5, 5.41) is 4.64. The Morgan fingerprint density at radius 1 is 1.22 bits per heavy atom. The number of carbonyl (C=O) groups is 3. The number of hydrogen-bond acceptors (Lipinski definition) is 5. The predicted octanol–water partition coefficient (Wildman–Crippen LogP) is 2.41. The highest BCUT2D eigenvalue weighted by Crippen LogP contribution is 2.29. The normalized spacial score (nSPS) is 13.9. The Balaban J connectivity index is 1.83. The number of esters is 1. The molecule has 0 aliphatic heterocycles. The predicted molar refractivity (Wildman–Crippen MR) is 87.7 cm³/mol. The van der Waals surface area contributed by atoms with Crippen LogP contribution in [0.4, 0.5) is 4.79 Å². The third-order valence-electron chi connectivity index (χ3n) is 3.45. The van der Waals surface area contributed by atoms with Crippen LogP contribution in [-0.4, -0.2) is 30.6 Å². The fourth-order valence-electron chi connectivity index (χ4n) is 2.43. The van der Waals surface area contributed by atoms with Crippen LogP contribution in [-0.2, 0) is 22.4 Å². The third-order valence-corrected chi connectivity index (χ3v) is 4.67. The van der Waals surface area contributed by atoms with E-state index in [2.05, 4.69) is 10.6 Å². The van der Waals surface area contributed by atoms with Gasteiger partial charge in [-0.15, -0.1) is 11.3 Å². The zero-order valence-corrected chi connectivity index (χ0v) is 14.3. The number of aryl methyl sites for hydroxylation is 2. The van der Waals surface area contributed by atoms with Gasteiger partial charge in [-0.3, -0.25) is 10.1 Å². The van der Waals surface area contributed by atoms with Crippen LogP contribution in [0.2, 0.25) is 0 Å². The topological polar surface area (TPSA) is 84.5 Å². The van der Waals surface area contributed by atoms with Crippen molar-refractivity contribution in [2.24, 2.45) is 0 Å². The molecule has 7 heteroatoms. The Kier molecular flexibility index (Phi) is 6.15. The lowest BCUT2D eigenvalue weighted by molar-refractivity contribution is -0.123. The number of thiophene rings is 1. The second-order valence-electron chi connectivity index (χ2n) is 5.87. The van der Waals surface area contributed by atoms with E-state index in [0.29, 0.717) is 4.88 Å². The van der Waals surface area contributed by atoms with Crippen LogP contribution >= 0.6 is 11.3 Å². The molecule has 3 amide bonds. The lowest BCUT2D eigenvalue weighted by Crippen LogP contribution is -2.44. The largest absolute Gasteiger partial charge is 0.451 e. The Hall–Kier alpha value is -1.89. The van der Waals surface area contributed by atoms with Crippen molar-refractivity contribution < 1.29 is 19.1 Å². The van der Waals surface area contributed by atoms with Crippen LogP contribution in [0.1, 0.15) is 53.2 Å². The van der Waals surface area contributed by atoms with Gasteiger partial charge in [-0.05, 0) is 51.2 Å². The first-order chi connectivity index (χ1) is 11.0. The van der Waals surface area contributed by atoms with Gasteiger partial charge in [0.1, 0.15) is 4.88 Å². The molecule has 0 fully saturated rings. The summed E-state index contributed by atoms with van der Waals surface area (Å²) in [7, 11) is 0. The molecule has 1 aromatic heterocycles. The fourth-order valence-corrected chi connectivity index (χ4v) is 3.58. The Morgan fingerprint density at radius 2 is 1.96 bits per heavy atom. The monoisotopic (exact) mass is 338 g/mol. The van der Waals surface area contributed by atoms with Gasteiger partial charge in [0.05, 0.1) is 0 Å². The van der Waals surface area contributed by atoms with Gasteiger partial charge in [-0.25, -0.2) is 9.59 Å². The fraction of sp³-hybridized carbons (Fsp3) is 0.562. The average molecular weight is 338 g/mol. The highest BCUT2D eigenvalue weighted by Gasteiger charge is 2.18. The van der Waals surface area contributed by atoms with E-state index < -0.39 is 24.5 Å². The summed E-state index contributed by atoms with van der Waals surface area (Å²) in [6.45, 7) is 3.10. The maximum absolute atomic E-state index is 12.0. The van der Waals surface area contributed by atoms with Gasteiger partial charge < -0.3 is 10.1 Å². The first kappa shape index (κ1) is 17.5. The Bertz CT molecular complexity index is 571. The molecular formula is C16H22N2O4S. The van der Waals surface area contributed by atoms with Crippen molar-refractivity contribution in [3.05, 3.63) is 21.4 Å². The average Bonchev–Trinajstić information content (AvgIpc) is 2.75. The molecular weight excluding hydrogens is 316 g/mol. The lowest BCUT2D eigenvalue weighted by Gasteiger charge is -2.09. The van der Waals surface area contributed by atoms with Crippen molar-refractivity contribution in [3.8, 4) is 0 Å². The van der Waals surface area contributed by atoms with Gasteiger partial charge in [-0.1, -0.05) is 6.42 Å². The minimum atomic E-state index is -0.644. The summed E-state index contributed by atoms with van der Waals surface area (Å²) in [5.41, 5.74) is 1.22. The van der Waals surface area contributed by atoms with Crippen molar-refractivity contribution in [1.29, 1.82) is 0 Å². The van der Waals surface area contributed by atoms with Crippen LogP contribution in [0.3, 0.4) is 0 Å². The van der Waals surface area contributed by atoms with Gasteiger partial charge in [0.25, 0.3) is 5.91 Å². The Morgan fingerprint density at radius 3 is 2.70 bits per heavy atom. The van der Waals surface area contributed by atoms with E-state index in [-0.39, 0.29) is 6.04 Å². The number of hydrogen-bond donors (Lipinski definition) is 2. The van der Waals surface area contributed by atoms with E-state index in [4.69, 9.17) is 4.74 Å². The minimum absolute atomic E-state index is 0.0770. The zero-order chi connectivity index (χ0) is 16.8. The molecule has 0 saturated heterocycles. The molecule has 0 spiro atoms. The highest BCUT2D eigenvalue weighted by molar-refractivity contribution is 7.14. The minimum Gasteiger partial charge on any atom is -0.451 e. The van der Waals surface area contributed by atoms with E-state index in [1.165, 1.54) is 28.2 Å². The standard InChI is InChI=1S/C16H22N2O4S/c1-10(2)17-16(21)18-14(19)9-22-15(20)13-8-11-6-4-3-5-7-12(11)23-13/h8,10H,3-7,9H2,1-2H3,(H2,17,18,19,21). The number of imide groups is 1. The molecule has 2 rings (SSSR count). The molecule has 1 aliphatic rings. The summed E-state index contributed by atoms with van der Waals surface area (Å²) >= 11 is 1.45. The smallest absolute Gasteiger partial charge is 0.348 e. The summed E-state index contributed by atoms with van der Waals surface area (Å²) in [4.78, 5) is 36.7. The van der Waals surface area contributed by atoms with Crippen molar-refractivity contribution in [3.63, 3.8) is 0 Å². The second kappa shape index (κ2) is 8.10. The summed E-state index contributed by atoms with van der Waals surface area (Å²) < 4.78 is 4.98. The Labute approximate surface area is 139 Å². The van der Waals surface area contributed by atoms with Gasteiger partial charge in [0, 0.05) is 10.9 Å². The number of carbonyl (C=O) groups excluding carboxylic acids is 3. The number of nitrogens with one attached hydrogen (secondary N) is 2. The van der Waals surface area contributed by atoms with E-state index in [1.54, 1.807) is 13.8 Å². The van der Waals surface area contributed by atoms with Crippen molar-refractivity contribution in [1.82, 2.24) is 10.6 Å². The second-order valence-corrected chi connectivity index (χ2v) is 7.01. The SMILES string of the molecule is CC(C)NC(=O)NC(=O)COC(=O)c1cc2c(s1)CCCCC2. The molecule has 1 heterocycles. The first-order valence-electron chi connectivity index (χ1n) is 7.84. The van der Waals surface area contributed by atoms with Gasteiger partial charge >= 0.3 is 12.0 Å².